The summed E-state index contributed by atoms with van der Waals surface area (Å²) in [6.45, 7) is 1.75. The third-order valence-electron chi connectivity index (χ3n) is 3.93. The standard InChI is InChI=1S/C21H23NO5/c1-3-4-5-15-6-12-18(13-7-15)22-19(23)14-27-21(25)17-10-8-16(9-11-17)20(24)26-2/h6-13H,3-5,14H2,1-2H3,(H,22,23). The highest BCUT2D eigenvalue weighted by molar-refractivity contribution is 5.96. The summed E-state index contributed by atoms with van der Waals surface area (Å²) in [7, 11) is 1.28. The van der Waals surface area contributed by atoms with E-state index in [1.165, 1.54) is 36.9 Å². The Morgan fingerprint density at radius 2 is 1.48 bits per heavy atom. The summed E-state index contributed by atoms with van der Waals surface area (Å²) in [6.07, 6.45) is 3.27. The number of nitrogens with one attached hydrogen (secondary N) is 1. The van der Waals surface area contributed by atoms with Crippen LogP contribution in [0.5, 0.6) is 0 Å². The molecule has 0 bridgehead atoms. The number of esters is 2. The van der Waals surface area contributed by atoms with Gasteiger partial charge in [-0.25, -0.2) is 9.59 Å². The summed E-state index contributed by atoms with van der Waals surface area (Å²) in [5.41, 5.74) is 2.44. The first-order valence-corrected chi connectivity index (χ1v) is 8.77. The van der Waals surface area contributed by atoms with Crippen molar-refractivity contribution in [1.82, 2.24) is 0 Å². The lowest BCUT2D eigenvalue weighted by Gasteiger charge is -2.08. The fraction of sp³-hybridized carbons (Fsp3) is 0.286. The van der Waals surface area contributed by atoms with Crippen LogP contribution >= 0.6 is 0 Å². The number of amides is 1. The van der Waals surface area contributed by atoms with E-state index in [4.69, 9.17) is 4.74 Å². The lowest BCUT2D eigenvalue weighted by Crippen LogP contribution is -2.21. The Morgan fingerprint density at radius 3 is 2.04 bits per heavy atom. The van der Waals surface area contributed by atoms with Gasteiger partial charge in [0.25, 0.3) is 5.91 Å². The quantitative estimate of drug-likeness (QED) is 0.719. The second-order valence-electron chi connectivity index (χ2n) is 5.99. The number of rotatable bonds is 8. The van der Waals surface area contributed by atoms with Crippen molar-refractivity contribution in [3.8, 4) is 0 Å². The molecule has 0 aliphatic carbocycles. The summed E-state index contributed by atoms with van der Waals surface area (Å²) in [4.78, 5) is 35.3. The van der Waals surface area contributed by atoms with Crippen LogP contribution in [0.3, 0.4) is 0 Å². The molecule has 0 aromatic heterocycles. The number of methoxy groups -OCH3 is 1. The van der Waals surface area contributed by atoms with E-state index in [0.29, 0.717) is 11.3 Å². The smallest absolute Gasteiger partial charge is 0.338 e. The molecular formula is C21H23NO5. The van der Waals surface area contributed by atoms with Gasteiger partial charge in [0.05, 0.1) is 18.2 Å². The van der Waals surface area contributed by atoms with Gasteiger partial charge >= 0.3 is 11.9 Å². The van der Waals surface area contributed by atoms with Crippen molar-refractivity contribution in [3.63, 3.8) is 0 Å². The Hall–Kier alpha value is -3.15. The maximum Gasteiger partial charge on any atom is 0.338 e. The highest BCUT2D eigenvalue weighted by Crippen LogP contribution is 2.12. The number of hydrogen-bond acceptors (Lipinski definition) is 5. The highest BCUT2D eigenvalue weighted by Gasteiger charge is 2.12. The zero-order valence-electron chi connectivity index (χ0n) is 15.5. The van der Waals surface area contributed by atoms with Crippen molar-refractivity contribution in [2.75, 3.05) is 19.0 Å². The van der Waals surface area contributed by atoms with Crippen LogP contribution in [0.2, 0.25) is 0 Å². The van der Waals surface area contributed by atoms with Crippen molar-refractivity contribution in [2.24, 2.45) is 0 Å². The number of hydrogen-bond donors (Lipinski definition) is 1. The molecule has 0 heterocycles. The van der Waals surface area contributed by atoms with Gasteiger partial charge < -0.3 is 14.8 Å². The Morgan fingerprint density at radius 1 is 0.889 bits per heavy atom. The van der Waals surface area contributed by atoms with Crippen molar-refractivity contribution < 1.29 is 23.9 Å². The van der Waals surface area contributed by atoms with Gasteiger partial charge in [-0.2, -0.15) is 0 Å². The Kier molecular flexibility index (Phi) is 7.55. The number of ether oxygens (including phenoxy) is 2. The number of benzene rings is 2. The maximum absolute atomic E-state index is 12.0. The van der Waals surface area contributed by atoms with Crippen molar-refractivity contribution in [2.45, 2.75) is 26.2 Å². The summed E-state index contributed by atoms with van der Waals surface area (Å²) >= 11 is 0. The minimum absolute atomic E-state index is 0.246. The van der Waals surface area contributed by atoms with Crippen molar-refractivity contribution >= 4 is 23.5 Å². The first-order chi connectivity index (χ1) is 13.0. The summed E-state index contributed by atoms with van der Waals surface area (Å²) < 4.78 is 9.59. The molecule has 2 aromatic carbocycles. The van der Waals surface area contributed by atoms with Crippen LogP contribution in [0.4, 0.5) is 5.69 Å². The van der Waals surface area contributed by atoms with Crippen molar-refractivity contribution in [1.29, 1.82) is 0 Å². The first-order valence-electron chi connectivity index (χ1n) is 8.77. The van der Waals surface area contributed by atoms with Gasteiger partial charge in [0.1, 0.15) is 0 Å². The van der Waals surface area contributed by atoms with Gasteiger partial charge in [-0.15, -0.1) is 0 Å². The zero-order valence-corrected chi connectivity index (χ0v) is 15.5. The Labute approximate surface area is 158 Å². The molecule has 0 saturated heterocycles. The number of carbonyl (C=O) groups excluding carboxylic acids is 3. The molecule has 2 rings (SSSR count). The second-order valence-corrected chi connectivity index (χ2v) is 5.99. The van der Waals surface area contributed by atoms with Crippen LogP contribution in [0.25, 0.3) is 0 Å². The molecule has 1 amide bonds. The highest BCUT2D eigenvalue weighted by atomic mass is 16.5. The fourth-order valence-electron chi connectivity index (χ4n) is 2.41. The lowest BCUT2D eigenvalue weighted by atomic mass is 10.1. The van der Waals surface area contributed by atoms with E-state index in [-0.39, 0.29) is 5.56 Å². The molecule has 6 heteroatoms. The van der Waals surface area contributed by atoms with Crippen LogP contribution in [-0.2, 0) is 20.7 Å². The van der Waals surface area contributed by atoms with E-state index in [2.05, 4.69) is 17.0 Å². The number of anilines is 1. The van der Waals surface area contributed by atoms with Gasteiger partial charge in [0, 0.05) is 5.69 Å². The zero-order chi connectivity index (χ0) is 19.6. The fourth-order valence-corrected chi connectivity index (χ4v) is 2.41. The molecule has 6 nitrogen and oxygen atoms in total. The predicted molar refractivity (Wildman–Crippen MR) is 102 cm³/mol. The largest absolute Gasteiger partial charge is 0.465 e. The van der Waals surface area contributed by atoms with Crippen LogP contribution in [0.1, 0.15) is 46.0 Å². The third kappa shape index (κ3) is 6.26. The molecule has 2 aromatic rings. The summed E-state index contributed by atoms with van der Waals surface area (Å²) in [6, 6.07) is 13.4. The van der Waals surface area contributed by atoms with Crippen LogP contribution in [0.15, 0.2) is 48.5 Å². The van der Waals surface area contributed by atoms with E-state index in [0.717, 1.165) is 19.3 Å². The third-order valence-corrected chi connectivity index (χ3v) is 3.93. The first kappa shape index (κ1) is 20.2. The molecule has 0 aliphatic rings. The number of aryl methyl sites for hydroxylation is 1. The monoisotopic (exact) mass is 369 g/mol. The van der Waals surface area contributed by atoms with E-state index in [1.807, 2.05) is 24.3 Å². The average Bonchev–Trinajstić information content (AvgIpc) is 2.71. The molecule has 1 N–H and O–H groups in total. The van der Waals surface area contributed by atoms with E-state index >= 15 is 0 Å². The minimum Gasteiger partial charge on any atom is -0.465 e. The minimum atomic E-state index is -0.642. The van der Waals surface area contributed by atoms with Gasteiger partial charge in [0.15, 0.2) is 6.61 Å². The molecule has 0 saturated carbocycles. The Bertz CT molecular complexity index is 781. The predicted octanol–water partition coefficient (Wildman–Crippen LogP) is 3.61. The van der Waals surface area contributed by atoms with Gasteiger partial charge in [-0.3, -0.25) is 4.79 Å². The van der Waals surface area contributed by atoms with Gasteiger partial charge in [-0.1, -0.05) is 25.5 Å². The van der Waals surface area contributed by atoms with Crippen molar-refractivity contribution in [3.05, 3.63) is 65.2 Å². The Balaban J connectivity index is 1.82. The van der Waals surface area contributed by atoms with E-state index < -0.39 is 24.5 Å². The van der Waals surface area contributed by atoms with Crippen LogP contribution < -0.4 is 5.32 Å². The molecule has 0 unspecified atom stereocenters. The van der Waals surface area contributed by atoms with E-state index in [9.17, 15) is 14.4 Å². The number of unbranched alkanes of at least 4 members (excludes halogenated alkanes) is 1. The number of carbonyl (C=O) groups is 3. The van der Waals surface area contributed by atoms with Crippen LogP contribution in [0, 0.1) is 0 Å². The molecule has 0 aliphatic heterocycles. The van der Waals surface area contributed by atoms with Gasteiger partial charge in [-0.05, 0) is 54.8 Å². The molecule has 142 valence electrons. The normalized spacial score (nSPS) is 10.1. The summed E-state index contributed by atoms with van der Waals surface area (Å²) in [5, 5.41) is 2.69. The SMILES string of the molecule is CCCCc1ccc(NC(=O)COC(=O)c2ccc(C(=O)OC)cc2)cc1. The topological polar surface area (TPSA) is 81.7 Å². The van der Waals surface area contributed by atoms with Gasteiger partial charge in [0.2, 0.25) is 0 Å². The average molecular weight is 369 g/mol. The lowest BCUT2D eigenvalue weighted by molar-refractivity contribution is -0.119. The maximum atomic E-state index is 12.0. The molecule has 27 heavy (non-hydrogen) atoms. The second kappa shape index (κ2) is 10.1. The van der Waals surface area contributed by atoms with E-state index in [1.54, 1.807) is 0 Å². The molecule has 0 radical (unpaired) electrons. The molecular weight excluding hydrogens is 346 g/mol. The summed E-state index contributed by atoms with van der Waals surface area (Å²) in [5.74, 6) is -1.55. The molecule has 0 fully saturated rings. The van der Waals surface area contributed by atoms with Crippen LogP contribution in [-0.4, -0.2) is 31.6 Å². The molecule has 0 spiro atoms. The molecule has 0 atom stereocenters.